The van der Waals surface area contributed by atoms with Gasteiger partial charge in [-0.15, -0.1) is 0 Å². The Kier molecular flexibility index (Phi) is 4.65. The van der Waals surface area contributed by atoms with E-state index in [9.17, 15) is 8.42 Å². The minimum atomic E-state index is -3.80. The number of ether oxygens (including phenoxy) is 1. The largest absolute Gasteiger partial charge is 0.495 e. The number of hydrogen-bond donors (Lipinski definition) is 2. The van der Waals surface area contributed by atoms with Crippen LogP contribution in [0.3, 0.4) is 0 Å². The molecule has 5 nitrogen and oxygen atoms in total. The van der Waals surface area contributed by atoms with Crippen LogP contribution in [0.15, 0.2) is 45.8 Å². The maximum atomic E-state index is 12.4. The molecule has 0 aliphatic rings. The van der Waals surface area contributed by atoms with E-state index in [1.807, 2.05) is 0 Å². The molecule has 0 radical (unpaired) electrons. The summed E-state index contributed by atoms with van der Waals surface area (Å²) < 4.78 is 32.8. The molecule has 8 heteroatoms. The summed E-state index contributed by atoms with van der Waals surface area (Å²) in [5.74, 6) is 0.370. The van der Waals surface area contributed by atoms with Crippen molar-refractivity contribution in [2.24, 2.45) is 0 Å². The molecule has 0 aromatic heterocycles. The number of nitrogens with one attached hydrogen (secondary N) is 1. The van der Waals surface area contributed by atoms with Gasteiger partial charge in [0.25, 0.3) is 10.0 Å². The molecule has 0 fully saturated rings. The van der Waals surface area contributed by atoms with Gasteiger partial charge in [-0.05, 0) is 52.3 Å². The zero-order valence-corrected chi connectivity index (χ0v) is 14.1. The first-order valence-corrected chi connectivity index (χ1v) is 8.40. The highest BCUT2D eigenvalue weighted by Gasteiger charge is 2.19. The van der Waals surface area contributed by atoms with Gasteiger partial charge in [0.2, 0.25) is 0 Å². The summed E-state index contributed by atoms with van der Waals surface area (Å²) >= 11 is 9.07. The highest BCUT2D eigenvalue weighted by atomic mass is 79.9. The number of nitrogens with two attached hydrogens (primary N) is 1. The average molecular weight is 392 g/mol. The molecule has 0 atom stereocenters. The van der Waals surface area contributed by atoms with Crippen LogP contribution in [0.2, 0.25) is 5.02 Å². The van der Waals surface area contributed by atoms with Gasteiger partial charge >= 0.3 is 0 Å². The summed E-state index contributed by atoms with van der Waals surface area (Å²) in [5, 5.41) is 0.393. The number of hydrogen-bond acceptors (Lipinski definition) is 4. The van der Waals surface area contributed by atoms with Crippen LogP contribution in [-0.2, 0) is 10.0 Å². The molecule has 2 aromatic rings. The molecule has 0 aliphatic heterocycles. The van der Waals surface area contributed by atoms with Crippen molar-refractivity contribution in [2.75, 3.05) is 17.6 Å². The maximum absolute atomic E-state index is 12.4. The van der Waals surface area contributed by atoms with Crippen molar-refractivity contribution in [3.05, 3.63) is 45.9 Å². The summed E-state index contributed by atoms with van der Waals surface area (Å²) in [6.45, 7) is 0. The van der Waals surface area contributed by atoms with E-state index in [-0.39, 0.29) is 10.6 Å². The van der Waals surface area contributed by atoms with E-state index in [1.165, 1.54) is 31.4 Å². The van der Waals surface area contributed by atoms with Gasteiger partial charge in [0, 0.05) is 15.2 Å². The second-order valence-corrected chi connectivity index (χ2v) is 7.08. The Bertz CT molecular complexity index is 781. The minimum Gasteiger partial charge on any atom is -0.495 e. The summed E-state index contributed by atoms with van der Waals surface area (Å²) in [7, 11) is -2.36. The van der Waals surface area contributed by atoms with Crippen LogP contribution >= 0.6 is 27.5 Å². The first kappa shape index (κ1) is 15.9. The molecule has 3 N–H and O–H groups in total. The molecular formula is C13H12BrClN2O3S. The molecule has 2 rings (SSSR count). The Morgan fingerprint density at radius 2 is 1.95 bits per heavy atom. The molecule has 2 aromatic carbocycles. The van der Waals surface area contributed by atoms with Gasteiger partial charge < -0.3 is 10.5 Å². The maximum Gasteiger partial charge on any atom is 0.263 e. The fourth-order valence-electron chi connectivity index (χ4n) is 1.69. The smallest absolute Gasteiger partial charge is 0.263 e. The molecule has 0 heterocycles. The topological polar surface area (TPSA) is 81.4 Å². The fourth-order valence-corrected chi connectivity index (χ4v) is 4.02. The van der Waals surface area contributed by atoms with E-state index >= 15 is 0 Å². The van der Waals surface area contributed by atoms with Crippen molar-refractivity contribution in [3.8, 4) is 5.75 Å². The van der Waals surface area contributed by atoms with Crippen molar-refractivity contribution in [1.29, 1.82) is 0 Å². The third-order valence-electron chi connectivity index (χ3n) is 2.65. The van der Waals surface area contributed by atoms with Crippen LogP contribution in [0.1, 0.15) is 0 Å². The molecule has 0 unspecified atom stereocenters. The molecule has 0 bridgehead atoms. The van der Waals surface area contributed by atoms with E-state index in [0.29, 0.717) is 20.9 Å². The second-order valence-electron chi connectivity index (χ2n) is 4.14. The lowest BCUT2D eigenvalue weighted by atomic mass is 10.3. The monoisotopic (exact) mass is 390 g/mol. The predicted octanol–water partition coefficient (Wildman–Crippen LogP) is 3.49. The normalized spacial score (nSPS) is 11.2. The van der Waals surface area contributed by atoms with Gasteiger partial charge in [-0.25, -0.2) is 8.42 Å². The van der Waals surface area contributed by atoms with Gasteiger partial charge in [-0.3, -0.25) is 4.72 Å². The quantitative estimate of drug-likeness (QED) is 0.782. The Morgan fingerprint density at radius 3 is 2.57 bits per heavy atom. The number of anilines is 2. The number of halogens is 2. The summed E-state index contributed by atoms with van der Waals surface area (Å²) in [6, 6.07) is 9.11. The lowest BCUT2D eigenvalue weighted by Crippen LogP contribution is -2.14. The Balaban J connectivity index is 2.44. The zero-order valence-electron chi connectivity index (χ0n) is 10.9. The van der Waals surface area contributed by atoms with Gasteiger partial charge in [-0.1, -0.05) is 11.6 Å². The third kappa shape index (κ3) is 3.61. The summed E-state index contributed by atoms with van der Waals surface area (Å²) in [5.41, 5.74) is 6.32. The molecule has 0 aliphatic carbocycles. The van der Waals surface area contributed by atoms with E-state index in [1.54, 1.807) is 12.1 Å². The standard InChI is InChI=1S/C13H12BrClN2O3S/c1-20-12-4-2-8(15)6-11(12)17-21(18,19)13-5-3-9(16)7-10(13)14/h2-7,17H,16H2,1H3. The predicted molar refractivity (Wildman–Crippen MR) is 87.4 cm³/mol. The zero-order chi connectivity index (χ0) is 15.6. The Hall–Kier alpha value is -1.44. The van der Waals surface area contributed by atoms with E-state index in [4.69, 9.17) is 22.1 Å². The average Bonchev–Trinajstić information content (AvgIpc) is 2.37. The number of benzene rings is 2. The van der Waals surface area contributed by atoms with Crippen LogP contribution in [0.25, 0.3) is 0 Å². The number of rotatable bonds is 4. The molecule has 0 saturated carbocycles. The van der Waals surface area contributed by atoms with E-state index < -0.39 is 10.0 Å². The van der Waals surface area contributed by atoms with Crippen molar-refractivity contribution in [2.45, 2.75) is 4.90 Å². The van der Waals surface area contributed by atoms with Gasteiger partial charge in [0.1, 0.15) is 10.6 Å². The third-order valence-corrected chi connectivity index (χ3v) is 5.23. The highest BCUT2D eigenvalue weighted by Crippen LogP contribution is 2.31. The van der Waals surface area contributed by atoms with Crippen LogP contribution < -0.4 is 15.2 Å². The Labute approximate surface area is 136 Å². The molecule has 21 heavy (non-hydrogen) atoms. The van der Waals surface area contributed by atoms with Crippen molar-refractivity contribution in [1.82, 2.24) is 0 Å². The van der Waals surface area contributed by atoms with Crippen LogP contribution in [0, 0.1) is 0 Å². The molecule has 0 saturated heterocycles. The van der Waals surface area contributed by atoms with E-state index in [2.05, 4.69) is 20.7 Å². The van der Waals surface area contributed by atoms with Gasteiger partial charge in [0.15, 0.2) is 0 Å². The Morgan fingerprint density at radius 1 is 1.24 bits per heavy atom. The fraction of sp³-hybridized carbons (Fsp3) is 0.0769. The number of methoxy groups -OCH3 is 1. The van der Waals surface area contributed by atoms with Crippen molar-refractivity contribution < 1.29 is 13.2 Å². The molecule has 0 amide bonds. The molecule has 112 valence electrons. The first-order chi connectivity index (χ1) is 9.83. The van der Waals surface area contributed by atoms with Crippen LogP contribution in [0.4, 0.5) is 11.4 Å². The second kappa shape index (κ2) is 6.13. The van der Waals surface area contributed by atoms with Crippen LogP contribution in [-0.4, -0.2) is 15.5 Å². The van der Waals surface area contributed by atoms with Crippen molar-refractivity contribution in [3.63, 3.8) is 0 Å². The highest BCUT2D eigenvalue weighted by molar-refractivity contribution is 9.10. The SMILES string of the molecule is COc1ccc(Cl)cc1NS(=O)(=O)c1ccc(N)cc1Br. The van der Waals surface area contributed by atoms with Crippen LogP contribution in [0.5, 0.6) is 5.75 Å². The van der Waals surface area contributed by atoms with E-state index in [0.717, 1.165) is 0 Å². The number of sulfonamides is 1. The van der Waals surface area contributed by atoms with Crippen molar-refractivity contribution >= 4 is 48.9 Å². The lowest BCUT2D eigenvalue weighted by molar-refractivity contribution is 0.417. The van der Waals surface area contributed by atoms with Gasteiger partial charge in [0.05, 0.1) is 12.8 Å². The molecule has 0 spiro atoms. The minimum absolute atomic E-state index is 0.0683. The summed E-state index contributed by atoms with van der Waals surface area (Å²) in [6.07, 6.45) is 0. The number of nitrogen functional groups attached to an aromatic ring is 1. The lowest BCUT2D eigenvalue weighted by Gasteiger charge is -2.13. The first-order valence-electron chi connectivity index (χ1n) is 5.75. The molecular weight excluding hydrogens is 380 g/mol. The van der Waals surface area contributed by atoms with Gasteiger partial charge in [-0.2, -0.15) is 0 Å². The summed E-state index contributed by atoms with van der Waals surface area (Å²) in [4.78, 5) is 0.0683.